The number of aromatic nitrogens is 3. The fourth-order valence-electron chi connectivity index (χ4n) is 2.81. The third-order valence-electron chi connectivity index (χ3n) is 3.97. The number of halogens is 1. The quantitative estimate of drug-likeness (QED) is 0.906. The Morgan fingerprint density at radius 1 is 1.41 bits per heavy atom. The number of rotatable bonds is 3. The SMILES string of the molecule is NC1CCCC(C(=O)Nc2ccc(-n3cncn3)c(F)c2)C1. The molecule has 7 heteroatoms. The van der Waals surface area contributed by atoms with E-state index in [4.69, 9.17) is 5.73 Å². The van der Waals surface area contributed by atoms with Gasteiger partial charge in [0.1, 0.15) is 18.3 Å². The van der Waals surface area contributed by atoms with Crippen LogP contribution in [0.1, 0.15) is 25.7 Å². The largest absolute Gasteiger partial charge is 0.328 e. The molecule has 6 nitrogen and oxygen atoms in total. The predicted molar refractivity (Wildman–Crippen MR) is 79.9 cm³/mol. The first kappa shape index (κ1) is 14.6. The zero-order chi connectivity index (χ0) is 15.5. The lowest BCUT2D eigenvalue weighted by Crippen LogP contribution is -2.34. The second-order valence-electron chi connectivity index (χ2n) is 5.62. The number of anilines is 1. The van der Waals surface area contributed by atoms with E-state index in [2.05, 4.69) is 15.4 Å². The number of carbonyl (C=O) groups is 1. The molecule has 0 spiro atoms. The maximum Gasteiger partial charge on any atom is 0.227 e. The van der Waals surface area contributed by atoms with Crippen LogP contribution in [-0.2, 0) is 4.79 Å². The Morgan fingerprint density at radius 3 is 2.95 bits per heavy atom. The van der Waals surface area contributed by atoms with Crippen LogP contribution in [0.4, 0.5) is 10.1 Å². The molecule has 3 N–H and O–H groups in total. The van der Waals surface area contributed by atoms with Crippen LogP contribution in [0.3, 0.4) is 0 Å². The summed E-state index contributed by atoms with van der Waals surface area (Å²) in [6, 6.07) is 4.58. The average Bonchev–Trinajstić information content (AvgIpc) is 3.01. The highest BCUT2D eigenvalue weighted by atomic mass is 19.1. The monoisotopic (exact) mass is 303 g/mol. The highest BCUT2D eigenvalue weighted by Crippen LogP contribution is 2.25. The Bertz CT molecular complexity index is 658. The number of nitrogens with two attached hydrogens (primary N) is 1. The second kappa shape index (κ2) is 6.23. The summed E-state index contributed by atoms with van der Waals surface area (Å²) in [7, 11) is 0. The van der Waals surface area contributed by atoms with Crippen LogP contribution >= 0.6 is 0 Å². The number of hydrogen-bond donors (Lipinski definition) is 2. The number of benzene rings is 1. The molecule has 3 rings (SSSR count). The summed E-state index contributed by atoms with van der Waals surface area (Å²) in [6.07, 6.45) is 6.19. The van der Waals surface area contributed by atoms with Crippen molar-refractivity contribution in [1.29, 1.82) is 0 Å². The molecule has 2 atom stereocenters. The van der Waals surface area contributed by atoms with E-state index in [9.17, 15) is 9.18 Å². The van der Waals surface area contributed by atoms with Crippen molar-refractivity contribution in [2.75, 3.05) is 5.32 Å². The van der Waals surface area contributed by atoms with Crippen molar-refractivity contribution in [3.63, 3.8) is 0 Å². The zero-order valence-electron chi connectivity index (χ0n) is 12.1. The third kappa shape index (κ3) is 3.14. The standard InChI is InChI=1S/C15H18FN5O/c16-13-7-12(4-5-14(13)21-9-18-8-19-21)20-15(22)10-2-1-3-11(17)6-10/h4-5,7-11H,1-3,6,17H2,(H,20,22). The molecule has 1 aliphatic rings. The van der Waals surface area contributed by atoms with E-state index in [1.54, 1.807) is 12.1 Å². The fraction of sp³-hybridized carbons (Fsp3) is 0.400. The summed E-state index contributed by atoms with van der Waals surface area (Å²) >= 11 is 0. The van der Waals surface area contributed by atoms with E-state index in [0.29, 0.717) is 12.1 Å². The summed E-state index contributed by atoms with van der Waals surface area (Å²) in [6.45, 7) is 0. The molecular weight excluding hydrogens is 285 g/mol. The number of nitrogens with one attached hydrogen (secondary N) is 1. The van der Waals surface area contributed by atoms with Crippen LogP contribution in [0.25, 0.3) is 5.69 Å². The molecule has 1 saturated carbocycles. The molecule has 1 aromatic carbocycles. The molecule has 0 aliphatic heterocycles. The number of hydrogen-bond acceptors (Lipinski definition) is 4. The normalized spacial score (nSPS) is 21.5. The van der Waals surface area contributed by atoms with Crippen LogP contribution in [0.2, 0.25) is 0 Å². The van der Waals surface area contributed by atoms with Crippen molar-refractivity contribution in [3.05, 3.63) is 36.7 Å². The maximum atomic E-state index is 14.1. The van der Waals surface area contributed by atoms with Crippen LogP contribution in [0, 0.1) is 11.7 Å². The minimum Gasteiger partial charge on any atom is -0.328 e. The molecule has 0 bridgehead atoms. The van der Waals surface area contributed by atoms with Gasteiger partial charge in [0.2, 0.25) is 5.91 Å². The summed E-state index contributed by atoms with van der Waals surface area (Å²) in [4.78, 5) is 16.0. The Balaban J connectivity index is 1.70. The molecule has 1 aliphatic carbocycles. The van der Waals surface area contributed by atoms with Crippen molar-refractivity contribution >= 4 is 11.6 Å². The second-order valence-corrected chi connectivity index (χ2v) is 5.62. The van der Waals surface area contributed by atoms with Crippen LogP contribution in [0.5, 0.6) is 0 Å². The topological polar surface area (TPSA) is 85.8 Å². The van der Waals surface area contributed by atoms with Crippen molar-refractivity contribution < 1.29 is 9.18 Å². The lowest BCUT2D eigenvalue weighted by molar-refractivity contribution is -0.120. The van der Waals surface area contributed by atoms with E-state index in [-0.39, 0.29) is 23.6 Å². The van der Waals surface area contributed by atoms with Crippen LogP contribution in [-0.4, -0.2) is 26.7 Å². The zero-order valence-corrected chi connectivity index (χ0v) is 12.1. The smallest absolute Gasteiger partial charge is 0.227 e. The molecular formula is C15H18FN5O. The molecule has 1 amide bonds. The molecule has 0 saturated heterocycles. The molecule has 22 heavy (non-hydrogen) atoms. The van der Waals surface area contributed by atoms with Gasteiger partial charge in [0.25, 0.3) is 0 Å². The highest BCUT2D eigenvalue weighted by Gasteiger charge is 2.25. The van der Waals surface area contributed by atoms with Gasteiger partial charge in [-0.15, -0.1) is 0 Å². The van der Waals surface area contributed by atoms with E-state index < -0.39 is 5.82 Å². The lowest BCUT2D eigenvalue weighted by Gasteiger charge is -2.25. The van der Waals surface area contributed by atoms with Crippen molar-refractivity contribution in [3.8, 4) is 5.69 Å². The van der Waals surface area contributed by atoms with Crippen molar-refractivity contribution in [2.45, 2.75) is 31.7 Å². The number of carbonyl (C=O) groups excluding carboxylic acids is 1. The minimum absolute atomic E-state index is 0.0796. The highest BCUT2D eigenvalue weighted by molar-refractivity contribution is 5.92. The minimum atomic E-state index is -0.469. The predicted octanol–water partition coefficient (Wildman–Crippen LogP) is 1.86. The molecule has 1 aromatic heterocycles. The first-order valence-corrected chi connectivity index (χ1v) is 7.34. The fourth-order valence-corrected chi connectivity index (χ4v) is 2.81. The first-order chi connectivity index (χ1) is 10.6. The summed E-state index contributed by atoms with van der Waals surface area (Å²) < 4.78 is 15.4. The Kier molecular flexibility index (Phi) is 4.15. The summed E-state index contributed by atoms with van der Waals surface area (Å²) in [5, 5.41) is 6.65. The summed E-state index contributed by atoms with van der Waals surface area (Å²) in [5.74, 6) is -0.659. The van der Waals surface area contributed by atoms with Gasteiger partial charge in [-0.25, -0.2) is 14.1 Å². The third-order valence-corrected chi connectivity index (χ3v) is 3.97. The first-order valence-electron chi connectivity index (χ1n) is 7.34. The van der Waals surface area contributed by atoms with E-state index in [1.807, 2.05) is 0 Å². The van der Waals surface area contributed by atoms with Crippen molar-refractivity contribution in [1.82, 2.24) is 14.8 Å². The Morgan fingerprint density at radius 2 is 2.27 bits per heavy atom. The van der Waals surface area contributed by atoms with Gasteiger partial charge < -0.3 is 11.1 Å². The lowest BCUT2D eigenvalue weighted by atomic mass is 9.85. The molecule has 1 fully saturated rings. The van der Waals surface area contributed by atoms with Gasteiger partial charge in [0, 0.05) is 17.6 Å². The van der Waals surface area contributed by atoms with Gasteiger partial charge >= 0.3 is 0 Å². The van der Waals surface area contributed by atoms with E-state index >= 15 is 0 Å². The molecule has 2 unspecified atom stereocenters. The summed E-state index contributed by atoms with van der Waals surface area (Å²) in [5.41, 5.74) is 6.62. The van der Waals surface area contributed by atoms with Crippen LogP contribution < -0.4 is 11.1 Å². The maximum absolute atomic E-state index is 14.1. The van der Waals surface area contributed by atoms with Gasteiger partial charge in [0.15, 0.2) is 5.82 Å². The molecule has 116 valence electrons. The average molecular weight is 303 g/mol. The molecule has 1 heterocycles. The molecule has 0 radical (unpaired) electrons. The van der Waals surface area contributed by atoms with Gasteiger partial charge in [-0.3, -0.25) is 4.79 Å². The Hall–Kier alpha value is -2.28. The van der Waals surface area contributed by atoms with Gasteiger partial charge in [-0.1, -0.05) is 6.42 Å². The van der Waals surface area contributed by atoms with E-state index in [0.717, 1.165) is 19.3 Å². The molecule has 2 aromatic rings. The van der Waals surface area contributed by atoms with Crippen molar-refractivity contribution in [2.24, 2.45) is 11.7 Å². The van der Waals surface area contributed by atoms with Gasteiger partial charge in [0.05, 0.1) is 0 Å². The van der Waals surface area contributed by atoms with Gasteiger partial charge in [-0.2, -0.15) is 5.10 Å². The number of amides is 1. The number of nitrogens with zero attached hydrogens (tertiary/aromatic N) is 3. The van der Waals surface area contributed by atoms with E-state index in [1.165, 1.54) is 23.4 Å². The van der Waals surface area contributed by atoms with Crippen LogP contribution in [0.15, 0.2) is 30.9 Å². The van der Waals surface area contributed by atoms with Gasteiger partial charge in [-0.05, 0) is 37.5 Å². The Labute approximate surface area is 127 Å².